The third-order valence-electron chi connectivity index (χ3n) is 2.92. The molecule has 124 valence electrons. The van der Waals surface area contributed by atoms with Gasteiger partial charge in [0.15, 0.2) is 0 Å². The second-order valence-electron chi connectivity index (χ2n) is 4.87. The Morgan fingerprint density at radius 2 is 1.75 bits per heavy atom. The SMILES string of the molecule is Cc1ccc(O)c(/C=N\N/C(N)=N/N=C/c2cc(Cl)ccc2O)c1. The molecule has 0 fully saturated rings. The molecule has 0 amide bonds. The van der Waals surface area contributed by atoms with Crippen molar-refractivity contribution in [1.82, 2.24) is 5.43 Å². The van der Waals surface area contributed by atoms with E-state index < -0.39 is 0 Å². The smallest absolute Gasteiger partial charge is 0.234 e. The number of hydrogen-bond acceptors (Lipinski definition) is 5. The first-order valence-corrected chi connectivity index (χ1v) is 7.27. The fourth-order valence-corrected chi connectivity index (χ4v) is 1.93. The third kappa shape index (κ3) is 4.99. The van der Waals surface area contributed by atoms with Crippen LogP contribution in [0.2, 0.25) is 5.02 Å². The standard InChI is InChI=1S/C16H16ClN5O2/c1-10-2-4-14(23)11(6-10)8-19-21-16(18)22-20-9-12-7-13(17)3-5-15(12)24/h2-9,23-24H,1H3,(H3,18,21,22)/b19-8-,20-9+. The van der Waals surface area contributed by atoms with Crippen molar-refractivity contribution in [2.45, 2.75) is 6.92 Å². The van der Waals surface area contributed by atoms with E-state index in [1.165, 1.54) is 24.6 Å². The molecule has 0 spiro atoms. The van der Waals surface area contributed by atoms with Gasteiger partial charge in [0, 0.05) is 16.1 Å². The number of nitrogens with two attached hydrogens (primary N) is 1. The predicted octanol–water partition coefficient (Wildman–Crippen LogP) is 2.33. The first-order valence-electron chi connectivity index (χ1n) is 6.89. The molecule has 2 aromatic carbocycles. The Bertz CT molecular complexity index is 818. The number of nitrogens with zero attached hydrogens (tertiary/aromatic N) is 3. The number of phenolic OH excluding ortho intramolecular Hbond substituents is 2. The van der Waals surface area contributed by atoms with Gasteiger partial charge in [0.1, 0.15) is 11.5 Å². The van der Waals surface area contributed by atoms with Gasteiger partial charge in [-0.1, -0.05) is 23.2 Å². The van der Waals surface area contributed by atoms with Crippen molar-refractivity contribution in [3.8, 4) is 11.5 Å². The molecule has 0 aliphatic heterocycles. The average molecular weight is 346 g/mol. The summed E-state index contributed by atoms with van der Waals surface area (Å²) in [5, 5.41) is 31.0. The monoisotopic (exact) mass is 345 g/mol. The van der Waals surface area contributed by atoms with Crippen LogP contribution in [0.4, 0.5) is 0 Å². The lowest BCUT2D eigenvalue weighted by molar-refractivity contribution is 0.474. The van der Waals surface area contributed by atoms with Crippen molar-refractivity contribution in [2.75, 3.05) is 0 Å². The van der Waals surface area contributed by atoms with Gasteiger partial charge in [0.2, 0.25) is 5.96 Å². The Morgan fingerprint density at radius 3 is 2.50 bits per heavy atom. The van der Waals surface area contributed by atoms with Gasteiger partial charge < -0.3 is 15.9 Å². The summed E-state index contributed by atoms with van der Waals surface area (Å²) >= 11 is 5.82. The Hall–Kier alpha value is -3.06. The van der Waals surface area contributed by atoms with Crippen LogP contribution in [0.3, 0.4) is 0 Å². The van der Waals surface area contributed by atoms with E-state index >= 15 is 0 Å². The minimum Gasteiger partial charge on any atom is -0.507 e. The molecule has 5 N–H and O–H groups in total. The maximum absolute atomic E-state index is 9.68. The first kappa shape index (κ1) is 17.3. The number of halogens is 1. The van der Waals surface area contributed by atoms with E-state index in [-0.39, 0.29) is 17.5 Å². The Morgan fingerprint density at radius 1 is 1.08 bits per heavy atom. The fourth-order valence-electron chi connectivity index (χ4n) is 1.75. The molecule has 0 saturated heterocycles. The lowest BCUT2D eigenvalue weighted by Gasteiger charge is -2.00. The molecule has 24 heavy (non-hydrogen) atoms. The van der Waals surface area contributed by atoms with Gasteiger partial charge in [-0.3, -0.25) is 0 Å². The van der Waals surface area contributed by atoms with Gasteiger partial charge in [0.25, 0.3) is 0 Å². The van der Waals surface area contributed by atoms with Crippen LogP contribution in [0.15, 0.2) is 51.7 Å². The summed E-state index contributed by atoms with van der Waals surface area (Å²) in [4.78, 5) is 0. The van der Waals surface area contributed by atoms with Crippen molar-refractivity contribution in [2.24, 2.45) is 21.0 Å². The van der Waals surface area contributed by atoms with E-state index in [1.54, 1.807) is 24.3 Å². The number of nitrogens with one attached hydrogen (secondary N) is 1. The van der Waals surface area contributed by atoms with Gasteiger partial charge in [-0.2, -0.15) is 10.2 Å². The van der Waals surface area contributed by atoms with Crippen molar-refractivity contribution < 1.29 is 10.2 Å². The highest BCUT2D eigenvalue weighted by Gasteiger charge is 1.99. The molecule has 0 saturated carbocycles. The summed E-state index contributed by atoms with van der Waals surface area (Å²) < 4.78 is 0. The summed E-state index contributed by atoms with van der Waals surface area (Å²) in [5.41, 5.74) is 10.0. The van der Waals surface area contributed by atoms with Crippen LogP contribution in [-0.2, 0) is 0 Å². The van der Waals surface area contributed by atoms with Crippen molar-refractivity contribution >= 4 is 30.0 Å². The molecule has 0 heterocycles. The van der Waals surface area contributed by atoms with Crippen molar-refractivity contribution in [1.29, 1.82) is 0 Å². The fraction of sp³-hybridized carbons (Fsp3) is 0.0625. The molecule has 2 aromatic rings. The van der Waals surface area contributed by atoms with E-state index in [0.717, 1.165) is 5.56 Å². The third-order valence-corrected chi connectivity index (χ3v) is 3.15. The van der Waals surface area contributed by atoms with E-state index in [0.29, 0.717) is 16.1 Å². The summed E-state index contributed by atoms with van der Waals surface area (Å²) in [7, 11) is 0. The minimum atomic E-state index is -0.0591. The molecule has 2 rings (SSSR count). The van der Waals surface area contributed by atoms with Crippen LogP contribution in [0, 0.1) is 6.92 Å². The van der Waals surface area contributed by atoms with Gasteiger partial charge in [0.05, 0.1) is 12.4 Å². The zero-order chi connectivity index (χ0) is 17.5. The quantitative estimate of drug-likeness (QED) is 0.386. The molecule has 8 heteroatoms. The second-order valence-corrected chi connectivity index (χ2v) is 5.30. The number of benzene rings is 2. The van der Waals surface area contributed by atoms with Gasteiger partial charge in [-0.05, 0) is 37.3 Å². The van der Waals surface area contributed by atoms with Crippen LogP contribution >= 0.6 is 11.6 Å². The summed E-state index contributed by atoms with van der Waals surface area (Å²) in [6.07, 6.45) is 2.73. The summed E-state index contributed by atoms with van der Waals surface area (Å²) in [5.74, 6) is 0.0742. The molecular formula is C16H16ClN5O2. The van der Waals surface area contributed by atoms with Crippen LogP contribution in [0.1, 0.15) is 16.7 Å². The summed E-state index contributed by atoms with van der Waals surface area (Å²) in [6, 6.07) is 9.69. The largest absolute Gasteiger partial charge is 0.507 e. The highest BCUT2D eigenvalue weighted by molar-refractivity contribution is 6.30. The van der Waals surface area contributed by atoms with E-state index in [9.17, 15) is 10.2 Å². The van der Waals surface area contributed by atoms with Gasteiger partial charge >= 0.3 is 0 Å². The zero-order valence-electron chi connectivity index (χ0n) is 12.8. The minimum absolute atomic E-state index is 0.0258. The van der Waals surface area contributed by atoms with E-state index in [4.69, 9.17) is 17.3 Å². The molecule has 0 aromatic heterocycles. The maximum atomic E-state index is 9.68. The van der Waals surface area contributed by atoms with Crippen LogP contribution in [0.5, 0.6) is 11.5 Å². The molecule has 0 radical (unpaired) electrons. The van der Waals surface area contributed by atoms with E-state index in [1.807, 2.05) is 6.92 Å². The maximum Gasteiger partial charge on any atom is 0.234 e. The van der Waals surface area contributed by atoms with Crippen LogP contribution in [-0.4, -0.2) is 28.6 Å². The lowest BCUT2D eigenvalue weighted by atomic mass is 10.1. The molecule has 0 bridgehead atoms. The molecule has 7 nitrogen and oxygen atoms in total. The second kappa shape index (κ2) is 7.98. The summed E-state index contributed by atoms with van der Waals surface area (Å²) in [6.45, 7) is 1.90. The first-order chi connectivity index (χ1) is 11.5. The average Bonchev–Trinajstić information content (AvgIpc) is 2.54. The highest BCUT2D eigenvalue weighted by Crippen LogP contribution is 2.19. The van der Waals surface area contributed by atoms with Crippen LogP contribution in [0.25, 0.3) is 0 Å². The van der Waals surface area contributed by atoms with E-state index in [2.05, 4.69) is 20.7 Å². The van der Waals surface area contributed by atoms with Crippen molar-refractivity contribution in [3.05, 3.63) is 58.1 Å². The van der Waals surface area contributed by atoms with Gasteiger partial charge in [-0.25, -0.2) is 5.43 Å². The molecule has 0 aliphatic rings. The number of hydrogen-bond donors (Lipinski definition) is 4. The van der Waals surface area contributed by atoms with Crippen molar-refractivity contribution in [3.63, 3.8) is 0 Å². The Balaban J connectivity index is 1.99. The highest BCUT2D eigenvalue weighted by atomic mass is 35.5. The molecule has 0 atom stereocenters. The molecule has 0 aliphatic carbocycles. The predicted molar refractivity (Wildman–Crippen MR) is 95.9 cm³/mol. The lowest BCUT2D eigenvalue weighted by Crippen LogP contribution is -2.26. The van der Waals surface area contributed by atoms with Crippen LogP contribution < -0.4 is 11.2 Å². The molecule has 0 unspecified atom stereocenters. The zero-order valence-corrected chi connectivity index (χ0v) is 13.6. The number of guanidine groups is 1. The number of aryl methyl sites for hydroxylation is 1. The number of rotatable bonds is 4. The number of phenols is 2. The topological polar surface area (TPSA) is 116 Å². The molecular weight excluding hydrogens is 330 g/mol. The normalized spacial score (nSPS) is 12.2. The van der Waals surface area contributed by atoms with Gasteiger partial charge in [-0.15, -0.1) is 5.10 Å². The Kier molecular flexibility index (Phi) is 5.75. The number of hydrazone groups is 1. The number of aromatic hydroxyl groups is 2. The Labute approximate surface area is 143 Å².